The van der Waals surface area contributed by atoms with Crippen LogP contribution in [0.1, 0.15) is 54.2 Å². The van der Waals surface area contributed by atoms with E-state index in [9.17, 15) is 4.79 Å². The van der Waals surface area contributed by atoms with E-state index < -0.39 is 0 Å². The summed E-state index contributed by atoms with van der Waals surface area (Å²) in [7, 11) is 0. The van der Waals surface area contributed by atoms with E-state index in [4.69, 9.17) is 22.3 Å². The Morgan fingerprint density at radius 2 is 2.04 bits per heavy atom. The van der Waals surface area contributed by atoms with Crippen molar-refractivity contribution < 1.29 is 4.79 Å². The highest BCUT2D eigenvalue weighted by atomic mass is 35.5. The molecule has 27 heavy (non-hydrogen) atoms. The summed E-state index contributed by atoms with van der Waals surface area (Å²) in [5.41, 5.74) is 10.0. The molecule has 1 fully saturated rings. The average Bonchev–Trinajstić information content (AvgIpc) is 3.27. The Bertz CT molecular complexity index is 985. The van der Waals surface area contributed by atoms with Gasteiger partial charge >= 0.3 is 0 Å². The van der Waals surface area contributed by atoms with E-state index in [0.29, 0.717) is 16.6 Å². The van der Waals surface area contributed by atoms with Crippen molar-refractivity contribution in [3.8, 4) is 22.0 Å². The monoisotopic (exact) mass is 399 g/mol. The Balaban J connectivity index is 1.79. The molecule has 0 bridgehead atoms. The van der Waals surface area contributed by atoms with E-state index in [2.05, 4.69) is 9.95 Å². The number of halogens is 1. The van der Waals surface area contributed by atoms with E-state index in [1.165, 1.54) is 19.3 Å². The van der Waals surface area contributed by atoms with Crippen molar-refractivity contribution in [3.63, 3.8) is 0 Å². The summed E-state index contributed by atoms with van der Waals surface area (Å²) in [5, 5.41) is 3.67. The number of primary amides is 1. The minimum absolute atomic E-state index is 0.381. The molecule has 1 amide bonds. The molecule has 4 nitrogen and oxygen atoms in total. The highest BCUT2D eigenvalue weighted by Gasteiger charge is 2.25. The van der Waals surface area contributed by atoms with Gasteiger partial charge in [-0.05, 0) is 38.0 Å². The smallest absolute Gasteiger partial charge is 0.250 e. The van der Waals surface area contributed by atoms with Crippen molar-refractivity contribution in [1.29, 1.82) is 0 Å². The molecule has 4 rings (SSSR count). The molecule has 0 aliphatic heterocycles. The molecule has 2 aromatic heterocycles. The zero-order valence-corrected chi connectivity index (χ0v) is 16.8. The number of carbonyl (C=O) groups is 1. The van der Waals surface area contributed by atoms with Crippen LogP contribution < -0.4 is 5.73 Å². The van der Waals surface area contributed by atoms with E-state index >= 15 is 0 Å². The maximum absolute atomic E-state index is 11.9. The van der Waals surface area contributed by atoms with Crippen molar-refractivity contribution in [2.75, 3.05) is 0 Å². The molecule has 1 saturated carbocycles. The standard InChI is InChI=1S/C21H22ClN3OS/c1-13-17(20(23)26)11-19(25(13)16-8-3-2-4-9-16)18-12-27-21(24-18)14-6-5-7-15(22)10-14/h5-7,10-12,16H,2-4,8-9H2,1H3,(H2,23,26). The first kappa shape index (κ1) is 18.3. The first-order valence-electron chi connectivity index (χ1n) is 9.28. The van der Waals surface area contributed by atoms with Gasteiger partial charge in [-0.1, -0.05) is 43.0 Å². The fourth-order valence-corrected chi connectivity index (χ4v) is 5.02. The Hall–Kier alpha value is -2.11. The van der Waals surface area contributed by atoms with Crippen LogP contribution in [0.4, 0.5) is 0 Å². The van der Waals surface area contributed by atoms with Gasteiger partial charge < -0.3 is 10.3 Å². The van der Waals surface area contributed by atoms with E-state index in [1.807, 2.05) is 37.3 Å². The summed E-state index contributed by atoms with van der Waals surface area (Å²) in [4.78, 5) is 16.8. The predicted octanol–water partition coefficient (Wildman–Crippen LogP) is 5.84. The van der Waals surface area contributed by atoms with Crippen LogP contribution in [-0.4, -0.2) is 15.5 Å². The van der Waals surface area contributed by atoms with Gasteiger partial charge in [-0.2, -0.15) is 0 Å². The number of carbonyl (C=O) groups excluding carboxylic acids is 1. The number of amides is 1. The second-order valence-electron chi connectivity index (χ2n) is 7.10. The van der Waals surface area contributed by atoms with Gasteiger partial charge in [0.15, 0.2) is 0 Å². The van der Waals surface area contributed by atoms with Crippen molar-refractivity contribution in [1.82, 2.24) is 9.55 Å². The number of hydrogen-bond acceptors (Lipinski definition) is 3. The number of hydrogen-bond donors (Lipinski definition) is 1. The number of nitrogens with two attached hydrogens (primary N) is 1. The normalized spacial score (nSPS) is 15.2. The van der Waals surface area contributed by atoms with Gasteiger partial charge in [-0.15, -0.1) is 11.3 Å². The summed E-state index contributed by atoms with van der Waals surface area (Å²) in [6, 6.07) is 10.0. The van der Waals surface area contributed by atoms with Gasteiger partial charge in [0, 0.05) is 27.7 Å². The van der Waals surface area contributed by atoms with Gasteiger partial charge in [0.1, 0.15) is 5.01 Å². The Morgan fingerprint density at radius 1 is 1.26 bits per heavy atom. The van der Waals surface area contributed by atoms with Gasteiger partial charge in [0.25, 0.3) is 5.91 Å². The first-order chi connectivity index (χ1) is 13.0. The number of aromatic nitrogens is 2. The second-order valence-corrected chi connectivity index (χ2v) is 8.40. The van der Waals surface area contributed by atoms with Gasteiger partial charge in [-0.3, -0.25) is 4.79 Å². The lowest BCUT2D eigenvalue weighted by Gasteiger charge is -2.26. The van der Waals surface area contributed by atoms with Gasteiger partial charge in [0.2, 0.25) is 0 Å². The molecule has 2 heterocycles. The number of benzene rings is 1. The zero-order valence-electron chi connectivity index (χ0n) is 15.2. The van der Waals surface area contributed by atoms with Crippen LogP contribution >= 0.6 is 22.9 Å². The van der Waals surface area contributed by atoms with E-state index in [-0.39, 0.29) is 5.91 Å². The molecule has 1 aliphatic carbocycles. The third-order valence-corrected chi connectivity index (χ3v) is 6.46. The summed E-state index contributed by atoms with van der Waals surface area (Å²) >= 11 is 7.71. The lowest BCUT2D eigenvalue weighted by molar-refractivity contribution is 0.0999. The number of nitrogens with zero attached hydrogens (tertiary/aromatic N) is 2. The minimum Gasteiger partial charge on any atom is -0.366 e. The lowest BCUT2D eigenvalue weighted by atomic mass is 9.95. The molecule has 2 N–H and O–H groups in total. The molecule has 0 spiro atoms. The van der Waals surface area contributed by atoms with Crippen LogP contribution in [0.3, 0.4) is 0 Å². The maximum Gasteiger partial charge on any atom is 0.250 e. The second kappa shape index (κ2) is 7.49. The summed E-state index contributed by atoms with van der Waals surface area (Å²) < 4.78 is 2.29. The molecule has 0 saturated heterocycles. The topological polar surface area (TPSA) is 60.9 Å². The fraction of sp³-hybridized carbons (Fsp3) is 0.333. The minimum atomic E-state index is -0.381. The molecule has 1 aliphatic rings. The Kier molecular flexibility index (Phi) is 5.06. The predicted molar refractivity (Wildman–Crippen MR) is 111 cm³/mol. The van der Waals surface area contributed by atoms with E-state index in [0.717, 1.165) is 40.5 Å². The quantitative estimate of drug-likeness (QED) is 0.598. The third kappa shape index (κ3) is 3.54. The zero-order chi connectivity index (χ0) is 19.0. The van der Waals surface area contributed by atoms with Crippen LogP contribution in [0.5, 0.6) is 0 Å². The summed E-state index contributed by atoms with van der Waals surface area (Å²) in [6.07, 6.45) is 5.99. The Morgan fingerprint density at radius 3 is 2.74 bits per heavy atom. The Labute approximate surface area is 168 Å². The molecule has 140 valence electrons. The largest absolute Gasteiger partial charge is 0.366 e. The van der Waals surface area contributed by atoms with Gasteiger partial charge in [-0.25, -0.2) is 4.98 Å². The van der Waals surface area contributed by atoms with Crippen molar-refractivity contribution in [2.24, 2.45) is 5.73 Å². The SMILES string of the molecule is Cc1c(C(N)=O)cc(-c2csc(-c3cccc(Cl)c3)n2)n1C1CCCCC1. The number of thiazole rings is 1. The molecule has 0 radical (unpaired) electrons. The molecule has 0 unspecified atom stereocenters. The highest BCUT2D eigenvalue weighted by Crippen LogP contribution is 2.37. The molecule has 1 aromatic carbocycles. The molecular formula is C21H22ClN3OS. The van der Waals surface area contributed by atoms with Crippen LogP contribution in [-0.2, 0) is 0 Å². The summed E-state index contributed by atoms with van der Waals surface area (Å²) in [5.74, 6) is -0.381. The molecular weight excluding hydrogens is 378 g/mol. The van der Waals surface area contributed by atoms with Crippen LogP contribution in [0.2, 0.25) is 5.02 Å². The van der Waals surface area contributed by atoms with Crippen LogP contribution in [0, 0.1) is 6.92 Å². The maximum atomic E-state index is 11.9. The van der Waals surface area contributed by atoms with Crippen LogP contribution in [0.25, 0.3) is 22.0 Å². The number of rotatable bonds is 4. The van der Waals surface area contributed by atoms with Gasteiger partial charge in [0.05, 0.1) is 17.0 Å². The summed E-state index contributed by atoms with van der Waals surface area (Å²) in [6.45, 7) is 1.99. The van der Waals surface area contributed by atoms with Crippen molar-refractivity contribution in [2.45, 2.75) is 45.1 Å². The highest BCUT2D eigenvalue weighted by molar-refractivity contribution is 7.13. The van der Waals surface area contributed by atoms with E-state index in [1.54, 1.807) is 11.3 Å². The third-order valence-electron chi connectivity index (χ3n) is 5.34. The molecule has 3 aromatic rings. The van der Waals surface area contributed by atoms with Crippen LogP contribution in [0.15, 0.2) is 35.7 Å². The van der Waals surface area contributed by atoms with Crippen molar-refractivity contribution >= 4 is 28.8 Å². The van der Waals surface area contributed by atoms with Crippen molar-refractivity contribution in [3.05, 3.63) is 52.0 Å². The fourth-order valence-electron chi connectivity index (χ4n) is 4.02. The first-order valence-corrected chi connectivity index (χ1v) is 10.5. The molecule has 0 atom stereocenters. The average molecular weight is 400 g/mol. The molecule has 6 heteroatoms. The lowest BCUT2D eigenvalue weighted by Crippen LogP contribution is -2.17.